The fraction of sp³-hybridized carbons (Fsp3) is 0.538. The van der Waals surface area contributed by atoms with E-state index in [2.05, 4.69) is 12.1 Å². The molecule has 1 aromatic carbocycles. The summed E-state index contributed by atoms with van der Waals surface area (Å²) in [4.78, 5) is 0. The SMILES string of the molecule is CC1(C(CN)Cc2ccccc2)OCCO1. The second-order valence-corrected chi connectivity index (χ2v) is 4.34. The van der Waals surface area contributed by atoms with Crippen LogP contribution >= 0.6 is 0 Å². The summed E-state index contributed by atoms with van der Waals surface area (Å²) in [7, 11) is 0. The molecule has 1 aliphatic rings. The van der Waals surface area contributed by atoms with Crippen molar-refractivity contribution in [2.75, 3.05) is 19.8 Å². The van der Waals surface area contributed by atoms with Crippen molar-refractivity contribution < 1.29 is 9.47 Å². The summed E-state index contributed by atoms with van der Waals surface area (Å²) in [6.07, 6.45) is 0.897. The zero-order chi connectivity index (χ0) is 11.4. The first-order valence-corrected chi connectivity index (χ1v) is 5.76. The first-order chi connectivity index (χ1) is 7.74. The topological polar surface area (TPSA) is 44.5 Å². The Bertz CT molecular complexity index is 320. The fourth-order valence-corrected chi connectivity index (χ4v) is 2.15. The molecular formula is C13H19NO2. The van der Waals surface area contributed by atoms with Crippen molar-refractivity contribution in [3.05, 3.63) is 35.9 Å². The van der Waals surface area contributed by atoms with E-state index < -0.39 is 5.79 Å². The number of rotatable bonds is 4. The lowest BCUT2D eigenvalue weighted by Crippen LogP contribution is -2.41. The van der Waals surface area contributed by atoms with Crippen LogP contribution in [0.3, 0.4) is 0 Å². The second kappa shape index (κ2) is 4.95. The molecule has 1 saturated heterocycles. The minimum atomic E-state index is -0.509. The van der Waals surface area contributed by atoms with Crippen LogP contribution in [0, 0.1) is 5.92 Å². The molecular weight excluding hydrogens is 202 g/mol. The van der Waals surface area contributed by atoms with E-state index in [-0.39, 0.29) is 5.92 Å². The van der Waals surface area contributed by atoms with Gasteiger partial charge in [-0.3, -0.25) is 0 Å². The Morgan fingerprint density at radius 3 is 2.44 bits per heavy atom. The van der Waals surface area contributed by atoms with E-state index >= 15 is 0 Å². The van der Waals surface area contributed by atoms with Gasteiger partial charge in [0, 0.05) is 12.5 Å². The van der Waals surface area contributed by atoms with Crippen LogP contribution in [-0.2, 0) is 15.9 Å². The third-order valence-electron chi connectivity index (χ3n) is 3.21. The molecule has 1 unspecified atom stereocenters. The number of nitrogens with two attached hydrogens (primary N) is 1. The lowest BCUT2D eigenvalue weighted by Gasteiger charge is -2.31. The Morgan fingerprint density at radius 2 is 1.88 bits per heavy atom. The van der Waals surface area contributed by atoms with E-state index in [4.69, 9.17) is 15.2 Å². The first kappa shape index (κ1) is 11.6. The summed E-state index contributed by atoms with van der Waals surface area (Å²) in [5.74, 6) is -0.303. The maximum absolute atomic E-state index is 5.83. The smallest absolute Gasteiger partial charge is 0.170 e. The highest BCUT2D eigenvalue weighted by atomic mass is 16.7. The van der Waals surface area contributed by atoms with Crippen molar-refractivity contribution in [1.82, 2.24) is 0 Å². The summed E-state index contributed by atoms with van der Waals surface area (Å²) in [5, 5.41) is 0. The van der Waals surface area contributed by atoms with Gasteiger partial charge >= 0.3 is 0 Å². The van der Waals surface area contributed by atoms with Crippen LogP contribution < -0.4 is 5.73 Å². The van der Waals surface area contributed by atoms with Gasteiger partial charge in [-0.05, 0) is 18.9 Å². The van der Waals surface area contributed by atoms with E-state index in [1.165, 1.54) is 5.56 Å². The van der Waals surface area contributed by atoms with Crippen LogP contribution in [0.15, 0.2) is 30.3 Å². The van der Waals surface area contributed by atoms with Crippen molar-refractivity contribution in [2.45, 2.75) is 19.1 Å². The third-order valence-corrected chi connectivity index (χ3v) is 3.21. The van der Waals surface area contributed by atoms with Crippen LogP contribution in [0.5, 0.6) is 0 Å². The molecule has 2 N–H and O–H groups in total. The molecule has 0 aliphatic carbocycles. The molecule has 1 aromatic rings. The predicted octanol–water partition coefficient (Wildman–Crippen LogP) is 1.57. The molecule has 3 nitrogen and oxygen atoms in total. The Balaban J connectivity index is 2.06. The van der Waals surface area contributed by atoms with E-state index in [1.807, 2.05) is 25.1 Å². The van der Waals surface area contributed by atoms with Gasteiger partial charge in [-0.2, -0.15) is 0 Å². The summed E-state index contributed by atoms with van der Waals surface area (Å²) in [6.45, 7) is 3.90. The van der Waals surface area contributed by atoms with Crippen molar-refractivity contribution in [1.29, 1.82) is 0 Å². The Labute approximate surface area is 96.5 Å². The van der Waals surface area contributed by atoms with Gasteiger partial charge in [0.2, 0.25) is 0 Å². The molecule has 0 aromatic heterocycles. The van der Waals surface area contributed by atoms with Crippen LogP contribution in [-0.4, -0.2) is 25.5 Å². The molecule has 16 heavy (non-hydrogen) atoms. The summed E-state index contributed by atoms with van der Waals surface area (Å²) >= 11 is 0. The van der Waals surface area contributed by atoms with Gasteiger partial charge in [-0.1, -0.05) is 30.3 Å². The molecule has 0 radical (unpaired) electrons. The van der Waals surface area contributed by atoms with Crippen LogP contribution in [0.25, 0.3) is 0 Å². The molecule has 1 fully saturated rings. The monoisotopic (exact) mass is 221 g/mol. The van der Waals surface area contributed by atoms with Crippen molar-refractivity contribution in [2.24, 2.45) is 11.7 Å². The quantitative estimate of drug-likeness (QED) is 0.839. The maximum Gasteiger partial charge on any atom is 0.170 e. The molecule has 2 rings (SSSR count). The molecule has 1 heterocycles. The van der Waals surface area contributed by atoms with E-state index in [0.29, 0.717) is 19.8 Å². The second-order valence-electron chi connectivity index (χ2n) is 4.34. The van der Waals surface area contributed by atoms with Gasteiger partial charge in [0.15, 0.2) is 5.79 Å². The fourth-order valence-electron chi connectivity index (χ4n) is 2.15. The molecule has 88 valence electrons. The normalized spacial score (nSPS) is 20.9. The van der Waals surface area contributed by atoms with Crippen molar-refractivity contribution in [3.63, 3.8) is 0 Å². The summed E-state index contributed by atoms with van der Waals surface area (Å²) in [5.41, 5.74) is 7.10. The molecule has 1 atom stereocenters. The van der Waals surface area contributed by atoms with E-state index in [9.17, 15) is 0 Å². The zero-order valence-electron chi connectivity index (χ0n) is 9.69. The van der Waals surface area contributed by atoms with Gasteiger partial charge in [-0.15, -0.1) is 0 Å². The summed E-state index contributed by atoms with van der Waals surface area (Å²) in [6, 6.07) is 10.3. The minimum Gasteiger partial charge on any atom is -0.347 e. The zero-order valence-corrected chi connectivity index (χ0v) is 9.69. The average Bonchev–Trinajstić information content (AvgIpc) is 2.75. The van der Waals surface area contributed by atoms with Gasteiger partial charge in [0.1, 0.15) is 0 Å². The van der Waals surface area contributed by atoms with Gasteiger partial charge in [-0.25, -0.2) is 0 Å². The highest BCUT2D eigenvalue weighted by molar-refractivity contribution is 5.15. The number of hydrogen-bond donors (Lipinski definition) is 1. The number of benzene rings is 1. The Morgan fingerprint density at radius 1 is 1.25 bits per heavy atom. The Hall–Kier alpha value is -0.900. The minimum absolute atomic E-state index is 0.206. The standard InChI is InChI=1S/C13H19NO2/c1-13(15-7-8-16-13)12(10-14)9-11-5-3-2-4-6-11/h2-6,12H,7-10,14H2,1H3. The van der Waals surface area contributed by atoms with Crippen LogP contribution in [0.4, 0.5) is 0 Å². The van der Waals surface area contributed by atoms with Crippen molar-refractivity contribution in [3.8, 4) is 0 Å². The highest BCUT2D eigenvalue weighted by Gasteiger charge is 2.38. The predicted molar refractivity (Wildman–Crippen MR) is 63.0 cm³/mol. The van der Waals surface area contributed by atoms with Crippen LogP contribution in [0.1, 0.15) is 12.5 Å². The number of hydrogen-bond acceptors (Lipinski definition) is 3. The van der Waals surface area contributed by atoms with Gasteiger partial charge in [0.05, 0.1) is 13.2 Å². The van der Waals surface area contributed by atoms with Gasteiger partial charge < -0.3 is 15.2 Å². The lowest BCUT2D eigenvalue weighted by molar-refractivity contribution is -0.178. The maximum atomic E-state index is 5.83. The molecule has 1 aliphatic heterocycles. The molecule has 0 spiro atoms. The first-order valence-electron chi connectivity index (χ1n) is 5.76. The van der Waals surface area contributed by atoms with Crippen LogP contribution in [0.2, 0.25) is 0 Å². The average molecular weight is 221 g/mol. The highest BCUT2D eigenvalue weighted by Crippen LogP contribution is 2.29. The van der Waals surface area contributed by atoms with Gasteiger partial charge in [0.25, 0.3) is 0 Å². The lowest BCUT2D eigenvalue weighted by atomic mass is 9.92. The van der Waals surface area contributed by atoms with E-state index in [1.54, 1.807) is 0 Å². The van der Waals surface area contributed by atoms with E-state index in [0.717, 1.165) is 6.42 Å². The number of ether oxygens (including phenoxy) is 2. The molecule has 0 bridgehead atoms. The Kier molecular flexibility index (Phi) is 3.59. The third kappa shape index (κ3) is 2.43. The molecule has 0 amide bonds. The molecule has 0 saturated carbocycles. The largest absolute Gasteiger partial charge is 0.347 e. The summed E-state index contributed by atoms with van der Waals surface area (Å²) < 4.78 is 11.3. The van der Waals surface area contributed by atoms with Crippen molar-refractivity contribution >= 4 is 0 Å². The molecule has 3 heteroatoms.